The van der Waals surface area contributed by atoms with Gasteiger partial charge in [0, 0.05) is 20.2 Å². The Balaban J connectivity index is 1.48. The molecule has 2 N–H and O–H groups in total. The van der Waals surface area contributed by atoms with Crippen molar-refractivity contribution in [3.63, 3.8) is 0 Å². The zero-order valence-corrected chi connectivity index (χ0v) is 27.4. The third kappa shape index (κ3) is 7.53. The largest absolute Gasteiger partial charge is 0.444 e. The molecule has 1 saturated carbocycles. The number of ether oxygens (including phenoxy) is 2. The molecule has 2 aromatic carbocycles. The average Bonchev–Trinajstić information content (AvgIpc) is 3.56. The molecule has 12 heteroatoms. The summed E-state index contributed by atoms with van der Waals surface area (Å²) in [6, 6.07) is 12.2. The molecule has 44 heavy (non-hydrogen) atoms. The van der Waals surface area contributed by atoms with Crippen LogP contribution in [0.3, 0.4) is 0 Å². The Kier molecular flexibility index (Phi) is 9.24. The lowest BCUT2D eigenvalue weighted by Crippen LogP contribution is -2.50. The maximum atomic E-state index is 15.2. The molecule has 0 bridgehead atoms. The van der Waals surface area contributed by atoms with Crippen molar-refractivity contribution in [2.75, 3.05) is 6.61 Å². The van der Waals surface area contributed by atoms with E-state index in [4.69, 9.17) is 14.5 Å². The fraction of sp³-hybridized carbons (Fsp3) is 0.500. The van der Waals surface area contributed by atoms with Gasteiger partial charge < -0.3 is 24.5 Å². The maximum Gasteiger partial charge on any atom is 0.407 e. The Bertz CT molecular complexity index is 1610. The van der Waals surface area contributed by atoms with Crippen LogP contribution in [0.1, 0.15) is 46.1 Å². The van der Waals surface area contributed by atoms with Gasteiger partial charge in [-0.05, 0) is 76.4 Å². The highest BCUT2D eigenvalue weighted by Crippen LogP contribution is 2.38. The first-order valence-corrected chi connectivity index (χ1v) is 18.9. The van der Waals surface area contributed by atoms with E-state index in [9.17, 15) is 9.90 Å². The molecule has 0 spiro atoms. The van der Waals surface area contributed by atoms with Gasteiger partial charge in [0.25, 0.3) is 0 Å². The molecule has 2 heterocycles. The number of fused-ring (bicyclic) bond motifs is 1. The van der Waals surface area contributed by atoms with Crippen LogP contribution >= 0.6 is 0 Å². The number of alkyl carbamates (subject to hydrolysis) is 1. The summed E-state index contributed by atoms with van der Waals surface area (Å²) in [7, 11) is -1.19. The van der Waals surface area contributed by atoms with Crippen LogP contribution in [0.5, 0.6) is 0 Å². The van der Waals surface area contributed by atoms with Gasteiger partial charge in [-0.25, -0.2) is 23.8 Å². The lowest BCUT2D eigenvalue weighted by atomic mass is 9.87. The number of imidazole rings is 1. The molecular weight excluding hydrogens is 579 g/mol. The van der Waals surface area contributed by atoms with Crippen molar-refractivity contribution >= 4 is 25.2 Å². The molecule has 3 atom stereocenters. The predicted molar refractivity (Wildman–Crippen MR) is 170 cm³/mol. The molecule has 1 aliphatic carbocycles. The minimum atomic E-state index is -1.19. The van der Waals surface area contributed by atoms with Gasteiger partial charge in [0.2, 0.25) is 0 Å². The Labute approximate surface area is 258 Å². The minimum Gasteiger partial charge on any atom is -0.444 e. The number of benzene rings is 2. The molecule has 0 unspecified atom stereocenters. The number of rotatable bonds is 9. The number of hydrogen-bond acceptors (Lipinski definition) is 7. The summed E-state index contributed by atoms with van der Waals surface area (Å²) in [6.45, 7) is 13.3. The van der Waals surface area contributed by atoms with E-state index in [0.717, 1.165) is 18.0 Å². The number of halogens is 1. The topological polar surface area (TPSA) is 116 Å². The molecule has 1 aliphatic rings. The number of aliphatic hydroxyl groups is 1. The summed E-state index contributed by atoms with van der Waals surface area (Å²) in [4.78, 5) is 22.0. The molecule has 1 fully saturated rings. The molecule has 0 aliphatic heterocycles. The molecule has 0 saturated heterocycles. The summed E-state index contributed by atoms with van der Waals surface area (Å²) in [5.74, 6) is 0.522. The number of nitrogens with one attached hydrogen (secondary N) is 1. The first-order chi connectivity index (χ1) is 20.8. The normalized spacial score (nSPS) is 19.3. The average molecular weight is 623 g/mol. The molecule has 1 amide bonds. The third-order valence-corrected chi connectivity index (χ3v) is 9.38. The van der Waals surface area contributed by atoms with E-state index in [1.54, 1.807) is 50.0 Å². The van der Waals surface area contributed by atoms with Gasteiger partial charge in [-0.15, -0.1) is 5.10 Å². The van der Waals surface area contributed by atoms with Crippen LogP contribution in [-0.4, -0.2) is 67.9 Å². The zero-order chi connectivity index (χ0) is 31.6. The summed E-state index contributed by atoms with van der Waals surface area (Å²) < 4.78 is 30.0. The summed E-state index contributed by atoms with van der Waals surface area (Å²) in [5, 5.41) is 19.1. The number of amides is 1. The van der Waals surface area contributed by atoms with Gasteiger partial charge in [-0.1, -0.05) is 31.8 Å². The molecule has 5 rings (SSSR count). The van der Waals surface area contributed by atoms with Crippen molar-refractivity contribution in [3.8, 4) is 22.8 Å². The zero-order valence-electron chi connectivity index (χ0n) is 26.4. The summed E-state index contributed by atoms with van der Waals surface area (Å²) >= 11 is 0. The van der Waals surface area contributed by atoms with Crippen molar-refractivity contribution in [1.82, 2.24) is 29.6 Å². The van der Waals surface area contributed by atoms with Crippen LogP contribution in [0.15, 0.2) is 48.8 Å². The quantitative estimate of drug-likeness (QED) is 0.164. The standard InChI is InChI=1S/C32H43FN6O4Si/c1-32(2,3)43-31(41)36-25-12-9-13-26(28(25)40)39-27-18-21(29-34-19-38(37-29)20-42-16-17-44(4,5)6)14-15-24(27)35-30(39)22-10-7-8-11-23(22)33/h7-8,10-11,14-15,18-19,25-26,28,40H,9,12-13,16-17,20H2,1-6H3,(H,36,41)/t25-,26+,28+/m0/s1. The number of carbonyl (C=O) groups excluding carboxylic acids is 1. The van der Waals surface area contributed by atoms with E-state index in [-0.39, 0.29) is 0 Å². The fourth-order valence-electron chi connectivity index (χ4n) is 5.48. The second-order valence-corrected chi connectivity index (χ2v) is 19.3. The van der Waals surface area contributed by atoms with E-state index in [2.05, 4.69) is 35.0 Å². The predicted octanol–water partition coefficient (Wildman–Crippen LogP) is 6.39. The molecular formula is C32H43FN6O4Si. The fourth-order valence-corrected chi connectivity index (χ4v) is 6.24. The number of aromatic nitrogens is 5. The van der Waals surface area contributed by atoms with Crippen molar-refractivity contribution < 1.29 is 23.8 Å². The van der Waals surface area contributed by atoms with E-state index in [1.807, 2.05) is 22.8 Å². The van der Waals surface area contributed by atoms with Crippen molar-refractivity contribution in [2.24, 2.45) is 0 Å². The second-order valence-electron chi connectivity index (χ2n) is 13.7. The van der Waals surface area contributed by atoms with E-state index < -0.39 is 43.8 Å². The van der Waals surface area contributed by atoms with Gasteiger partial charge in [-0.3, -0.25) is 0 Å². The lowest BCUT2D eigenvalue weighted by Gasteiger charge is -2.37. The summed E-state index contributed by atoms with van der Waals surface area (Å²) in [5.41, 5.74) is 1.78. The molecule has 2 aromatic heterocycles. The lowest BCUT2D eigenvalue weighted by molar-refractivity contribution is 0.0218. The number of aliphatic hydroxyl groups excluding tert-OH is 1. The molecule has 10 nitrogen and oxygen atoms in total. The SMILES string of the molecule is CC(C)(C)OC(=O)N[C@H]1CCC[C@@H](n2c(-c3ccccc3F)nc3ccc(-c4ncn(COCC[Si](C)(C)C)n4)cc32)[C@@H]1O. The third-order valence-electron chi connectivity index (χ3n) is 7.67. The number of carbonyl (C=O) groups is 1. The van der Waals surface area contributed by atoms with Gasteiger partial charge in [-0.2, -0.15) is 0 Å². The highest BCUT2D eigenvalue weighted by atomic mass is 28.3. The van der Waals surface area contributed by atoms with Crippen molar-refractivity contribution in [3.05, 3.63) is 54.6 Å². The monoisotopic (exact) mass is 622 g/mol. The smallest absolute Gasteiger partial charge is 0.407 e. The Morgan fingerprint density at radius 2 is 1.93 bits per heavy atom. The highest BCUT2D eigenvalue weighted by Gasteiger charge is 2.37. The van der Waals surface area contributed by atoms with Gasteiger partial charge in [0.15, 0.2) is 5.82 Å². The van der Waals surface area contributed by atoms with Crippen LogP contribution < -0.4 is 5.32 Å². The van der Waals surface area contributed by atoms with Gasteiger partial charge in [0.1, 0.15) is 30.3 Å². The van der Waals surface area contributed by atoms with Crippen LogP contribution in [0, 0.1) is 5.82 Å². The van der Waals surface area contributed by atoms with E-state index >= 15 is 4.39 Å². The maximum absolute atomic E-state index is 15.2. The Hall–Kier alpha value is -3.61. The minimum absolute atomic E-state index is 0.315. The molecule has 236 valence electrons. The molecule has 0 radical (unpaired) electrons. The second kappa shape index (κ2) is 12.8. The summed E-state index contributed by atoms with van der Waals surface area (Å²) in [6.07, 6.45) is 2.04. The van der Waals surface area contributed by atoms with E-state index in [1.165, 1.54) is 6.07 Å². The van der Waals surface area contributed by atoms with Crippen molar-refractivity contribution in [2.45, 2.75) is 96.2 Å². The van der Waals surface area contributed by atoms with E-state index in [0.29, 0.717) is 54.4 Å². The van der Waals surface area contributed by atoms with Gasteiger partial charge >= 0.3 is 6.09 Å². The van der Waals surface area contributed by atoms with Crippen molar-refractivity contribution in [1.29, 1.82) is 0 Å². The number of hydrogen-bond donors (Lipinski definition) is 2. The Morgan fingerprint density at radius 1 is 1.16 bits per heavy atom. The molecule has 4 aromatic rings. The van der Waals surface area contributed by atoms with Crippen LogP contribution in [0.25, 0.3) is 33.8 Å². The van der Waals surface area contributed by atoms with Crippen LogP contribution in [-0.2, 0) is 16.2 Å². The highest BCUT2D eigenvalue weighted by molar-refractivity contribution is 6.76. The Morgan fingerprint density at radius 3 is 2.66 bits per heavy atom. The van der Waals surface area contributed by atoms with Crippen LogP contribution in [0.4, 0.5) is 9.18 Å². The van der Waals surface area contributed by atoms with Crippen LogP contribution in [0.2, 0.25) is 25.7 Å². The first-order valence-electron chi connectivity index (χ1n) is 15.2. The first kappa shape index (κ1) is 31.8. The van der Waals surface area contributed by atoms with Gasteiger partial charge in [0.05, 0.1) is 34.8 Å². The number of nitrogens with zero attached hydrogens (tertiary/aromatic N) is 5.